The molecule has 3 aliphatic rings. The van der Waals surface area contributed by atoms with Crippen LogP contribution in [0.25, 0.3) is 11.3 Å². The van der Waals surface area contributed by atoms with Gasteiger partial charge in [0.15, 0.2) is 0 Å². The normalized spacial score (nSPS) is 20.2. The fraction of sp³-hybridized carbons (Fsp3) is 0.528. The predicted molar refractivity (Wildman–Crippen MR) is 194 cm³/mol. The molecule has 3 saturated heterocycles. The number of aromatic amines is 1. The van der Waals surface area contributed by atoms with Crippen molar-refractivity contribution in [3.63, 3.8) is 0 Å². The number of urea groups is 1. The molecule has 1 aromatic heterocycles. The van der Waals surface area contributed by atoms with Crippen LogP contribution in [0.1, 0.15) is 68.5 Å². The van der Waals surface area contributed by atoms with Crippen molar-refractivity contribution in [1.82, 2.24) is 30.0 Å². The first-order chi connectivity index (χ1) is 24.4. The Balaban J connectivity index is 1.11. The molecule has 276 valence electrons. The van der Waals surface area contributed by atoms with Crippen molar-refractivity contribution < 1.29 is 27.9 Å². The zero-order valence-electron chi connectivity index (χ0n) is 28.2. The molecule has 3 fully saturated rings. The van der Waals surface area contributed by atoms with Crippen LogP contribution in [0.2, 0.25) is 0 Å². The van der Waals surface area contributed by atoms with Gasteiger partial charge in [0.05, 0.1) is 20.2 Å². The lowest BCUT2D eigenvalue weighted by Crippen LogP contribution is -2.56. The number of H-pyrrole nitrogens is 1. The van der Waals surface area contributed by atoms with Crippen LogP contribution in [0.3, 0.4) is 0 Å². The summed E-state index contributed by atoms with van der Waals surface area (Å²) >= 11 is 6.74. The van der Waals surface area contributed by atoms with Gasteiger partial charge in [0.1, 0.15) is 11.8 Å². The molecule has 3 aromatic rings. The van der Waals surface area contributed by atoms with E-state index in [1.54, 1.807) is 17.0 Å². The van der Waals surface area contributed by atoms with E-state index in [0.29, 0.717) is 59.9 Å². The number of imidazole rings is 1. The molecule has 0 saturated carbocycles. The number of phenolic OH excluding ortho intramolecular Hbond substituents is 1. The highest BCUT2D eigenvalue weighted by atomic mass is 79.9. The summed E-state index contributed by atoms with van der Waals surface area (Å²) in [5, 5.41) is 17.0. The molecule has 1 unspecified atom stereocenters. The van der Waals surface area contributed by atoms with E-state index in [-0.39, 0.29) is 41.4 Å². The Bertz CT molecular complexity index is 1730. The van der Waals surface area contributed by atoms with Crippen LogP contribution in [-0.4, -0.2) is 81.2 Å². The van der Waals surface area contributed by atoms with Gasteiger partial charge in [-0.05, 0) is 113 Å². The third-order valence-electron chi connectivity index (χ3n) is 10.5. The molecule has 2 atom stereocenters. The third-order valence-corrected chi connectivity index (χ3v) is 11.7. The summed E-state index contributed by atoms with van der Waals surface area (Å²) in [5.41, 5.74) is 0.0681. The molecule has 3 aliphatic heterocycles. The van der Waals surface area contributed by atoms with E-state index >= 15 is 0 Å². The maximum atomic E-state index is 14.1. The number of rotatable bonds is 7. The highest BCUT2D eigenvalue weighted by molar-refractivity contribution is 9.11. The zero-order valence-corrected chi connectivity index (χ0v) is 31.3. The topological polar surface area (TPSA) is 123 Å². The number of aromatic hydroxyl groups is 1. The fourth-order valence-corrected chi connectivity index (χ4v) is 8.93. The molecular formula is C36H43Br2F3N6O4. The summed E-state index contributed by atoms with van der Waals surface area (Å²) in [4.78, 5) is 46.8. The van der Waals surface area contributed by atoms with Crippen molar-refractivity contribution in [2.45, 2.75) is 82.1 Å². The molecule has 3 amide bonds. The van der Waals surface area contributed by atoms with Gasteiger partial charge in [-0.1, -0.05) is 25.0 Å². The Kier molecular flexibility index (Phi) is 11.9. The largest absolute Gasteiger partial charge is 0.506 e. The Morgan fingerprint density at radius 3 is 2.31 bits per heavy atom. The maximum Gasteiger partial charge on any atom is 0.416 e. The number of nitrogens with one attached hydrogen (secondary N) is 3. The number of alkyl halides is 3. The van der Waals surface area contributed by atoms with Crippen LogP contribution in [0.5, 0.6) is 5.75 Å². The van der Waals surface area contributed by atoms with Crippen LogP contribution < -0.4 is 16.3 Å². The highest BCUT2D eigenvalue weighted by Crippen LogP contribution is 2.35. The van der Waals surface area contributed by atoms with E-state index in [1.807, 2.05) is 4.90 Å². The van der Waals surface area contributed by atoms with E-state index in [0.717, 1.165) is 43.5 Å². The second-order valence-corrected chi connectivity index (χ2v) is 15.6. The van der Waals surface area contributed by atoms with E-state index in [9.17, 15) is 32.7 Å². The molecule has 0 aliphatic carbocycles. The summed E-state index contributed by atoms with van der Waals surface area (Å²) in [6.45, 7) is 2.93. The molecule has 0 bridgehead atoms. The van der Waals surface area contributed by atoms with Gasteiger partial charge in [-0.15, -0.1) is 0 Å². The minimum absolute atomic E-state index is 0.0474. The molecule has 10 nitrogen and oxygen atoms in total. The summed E-state index contributed by atoms with van der Waals surface area (Å²) < 4.78 is 42.3. The number of likely N-dealkylation sites (tertiary alicyclic amines) is 2. The van der Waals surface area contributed by atoms with E-state index in [4.69, 9.17) is 0 Å². The highest BCUT2D eigenvalue weighted by Gasteiger charge is 2.35. The summed E-state index contributed by atoms with van der Waals surface area (Å²) in [6, 6.07) is 7.29. The van der Waals surface area contributed by atoms with Gasteiger partial charge >= 0.3 is 17.9 Å². The quantitative estimate of drug-likeness (QED) is 0.208. The Morgan fingerprint density at radius 1 is 0.941 bits per heavy atom. The number of halogens is 5. The van der Waals surface area contributed by atoms with Gasteiger partial charge in [0.2, 0.25) is 5.91 Å². The van der Waals surface area contributed by atoms with Gasteiger partial charge in [0.25, 0.3) is 0 Å². The smallest absolute Gasteiger partial charge is 0.416 e. The lowest BCUT2D eigenvalue weighted by atomic mass is 9.86. The lowest BCUT2D eigenvalue weighted by molar-refractivity contribution is -0.137. The van der Waals surface area contributed by atoms with Crippen LogP contribution >= 0.6 is 31.9 Å². The molecule has 2 aromatic carbocycles. The summed E-state index contributed by atoms with van der Waals surface area (Å²) in [5.74, 6) is 0.414. The van der Waals surface area contributed by atoms with Crippen molar-refractivity contribution in [3.05, 3.63) is 73.2 Å². The van der Waals surface area contributed by atoms with Crippen molar-refractivity contribution >= 4 is 43.8 Å². The Hall–Kier alpha value is -3.30. The molecule has 0 radical (unpaired) electrons. The van der Waals surface area contributed by atoms with Gasteiger partial charge < -0.3 is 30.5 Å². The number of piperidine rings is 2. The summed E-state index contributed by atoms with van der Waals surface area (Å²) in [6.07, 6.45) is 4.80. The minimum Gasteiger partial charge on any atom is -0.506 e. The monoisotopic (exact) mass is 838 g/mol. The van der Waals surface area contributed by atoms with Crippen molar-refractivity contribution in [3.8, 4) is 17.0 Å². The van der Waals surface area contributed by atoms with Crippen LogP contribution in [0.15, 0.2) is 56.3 Å². The number of carbonyl (C=O) groups excluding carboxylic acids is 2. The number of amides is 3. The number of nitrogens with zero attached hydrogens (tertiary/aromatic N) is 3. The minimum atomic E-state index is -4.50. The molecule has 4 heterocycles. The Labute approximate surface area is 311 Å². The average molecular weight is 841 g/mol. The first-order valence-electron chi connectivity index (χ1n) is 17.6. The number of carbonyl (C=O) groups is 2. The Morgan fingerprint density at radius 2 is 1.63 bits per heavy atom. The maximum absolute atomic E-state index is 14.1. The SMILES string of the molecule is O=C(N[C@H](Cc1cc(Br)c(O)c(Br)c1)C(=O)N1CCC(C2CCCCCN2)CC1)N1CCC(n2cc(-c3cccc(C(F)(F)F)c3)[nH]c2=O)CC1. The number of benzene rings is 2. The van der Waals surface area contributed by atoms with E-state index in [2.05, 4.69) is 47.5 Å². The fourth-order valence-electron chi connectivity index (χ4n) is 7.65. The number of phenols is 1. The molecule has 4 N–H and O–H groups in total. The number of aromatic nitrogens is 2. The van der Waals surface area contributed by atoms with Crippen molar-refractivity contribution in [2.75, 3.05) is 32.7 Å². The second kappa shape index (κ2) is 16.2. The predicted octanol–water partition coefficient (Wildman–Crippen LogP) is 6.82. The van der Waals surface area contributed by atoms with E-state index in [1.165, 1.54) is 42.2 Å². The third kappa shape index (κ3) is 9.02. The molecule has 15 heteroatoms. The van der Waals surface area contributed by atoms with Gasteiger partial charge in [-0.3, -0.25) is 9.36 Å². The van der Waals surface area contributed by atoms with Crippen molar-refractivity contribution in [1.29, 1.82) is 0 Å². The standard InChI is InChI=1S/C36H43Br2F3N6O4/c37-27-17-22(18-28(38)32(27)48)19-30(33(49)45-13-8-23(9-14-45)29-7-2-1-3-12-42-29)43-34(50)46-15-10-26(11-16-46)47-21-31(44-35(47)51)24-5-4-6-25(20-24)36(39,40)41/h4-6,17-18,20-21,23,26,29-30,42,48H,1-3,7-16,19H2,(H,43,50)(H,44,51)/t29?,30-/m1/s1. The second-order valence-electron chi connectivity index (χ2n) is 13.9. The first kappa shape index (κ1) is 37.5. The molecular weight excluding hydrogens is 797 g/mol. The van der Waals surface area contributed by atoms with Crippen molar-refractivity contribution in [2.24, 2.45) is 5.92 Å². The lowest BCUT2D eigenvalue weighted by Gasteiger charge is -2.38. The number of hydrogen-bond acceptors (Lipinski definition) is 5. The van der Waals surface area contributed by atoms with Gasteiger partial charge in [-0.25, -0.2) is 9.59 Å². The average Bonchev–Trinajstić information content (AvgIpc) is 3.30. The molecule has 6 rings (SSSR count). The van der Waals surface area contributed by atoms with Crippen LogP contribution in [0, 0.1) is 5.92 Å². The number of hydrogen-bond donors (Lipinski definition) is 4. The first-order valence-corrected chi connectivity index (χ1v) is 19.2. The van der Waals surface area contributed by atoms with E-state index < -0.39 is 23.5 Å². The van der Waals surface area contributed by atoms with Gasteiger partial charge in [0, 0.05) is 56.4 Å². The molecule has 0 spiro atoms. The zero-order chi connectivity index (χ0) is 36.3. The van der Waals surface area contributed by atoms with Gasteiger partial charge in [-0.2, -0.15) is 13.2 Å². The van der Waals surface area contributed by atoms with Crippen LogP contribution in [0.4, 0.5) is 18.0 Å². The van der Waals surface area contributed by atoms with Crippen LogP contribution in [-0.2, 0) is 17.4 Å². The summed E-state index contributed by atoms with van der Waals surface area (Å²) in [7, 11) is 0. The molecule has 51 heavy (non-hydrogen) atoms.